The number of carboxylic acids is 2. The molecule has 1 heterocycles. The molecule has 6 heteroatoms. The molecule has 94 valence electrons. The highest BCUT2D eigenvalue weighted by molar-refractivity contribution is 5.91. The molecule has 0 saturated heterocycles. The number of carboxylic acid groups (broad SMARTS) is 2. The number of rotatable bonds is 4. The average molecular weight is 251 g/mol. The third-order valence-electron chi connectivity index (χ3n) is 2.75. The van der Waals surface area contributed by atoms with E-state index in [9.17, 15) is 14.0 Å². The minimum Gasteiger partial charge on any atom is -0.481 e. The molecule has 0 fully saturated rings. The van der Waals surface area contributed by atoms with Crippen LogP contribution in [-0.4, -0.2) is 27.1 Å². The van der Waals surface area contributed by atoms with Crippen LogP contribution in [0.3, 0.4) is 0 Å². The summed E-state index contributed by atoms with van der Waals surface area (Å²) in [6.07, 6.45) is 0.800. The predicted molar refractivity (Wildman–Crippen MR) is 60.9 cm³/mol. The van der Waals surface area contributed by atoms with Crippen LogP contribution in [0.5, 0.6) is 0 Å². The number of carbonyl (C=O) groups is 2. The minimum absolute atomic E-state index is 0.184. The van der Waals surface area contributed by atoms with Crippen molar-refractivity contribution in [1.82, 2.24) is 4.98 Å². The third-order valence-corrected chi connectivity index (χ3v) is 2.75. The van der Waals surface area contributed by atoms with E-state index in [1.807, 2.05) is 0 Å². The summed E-state index contributed by atoms with van der Waals surface area (Å²) in [6, 6.07) is 4.26. The van der Waals surface area contributed by atoms with Gasteiger partial charge in [-0.25, -0.2) is 4.39 Å². The number of benzene rings is 1. The first-order valence-electron chi connectivity index (χ1n) is 5.20. The van der Waals surface area contributed by atoms with Gasteiger partial charge in [-0.3, -0.25) is 9.59 Å². The molecular formula is C12H10FNO4. The average Bonchev–Trinajstić information content (AvgIpc) is 2.70. The maximum Gasteiger partial charge on any atom is 0.311 e. The molecule has 0 aliphatic rings. The van der Waals surface area contributed by atoms with Crippen molar-refractivity contribution < 1.29 is 24.2 Å². The number of aliphatic carboxylic acids is 2. The Morgan fingerprint density at radius 1 is 1.33 bits per heavy atom. The van der Waals surface area contributed by atoms with E-state index in [1.54, 1.807) is 6.07 Å². The standard InChI is InChI=1S/C12H10FNO4/c13-9-3-1-2-6-8(5-14-11(6)9)7(12(17)18)4-10(15)16/h1-3,5,7,14H,4H2,(H,15,16)(H,17,18). The second kappa shape index (κ2) is 4.48. The summed E-state index contributed by atoms with van der Waals surface area (Å²) in [6.45, 7) is 0. The van der Waals surface area contributed by atoms with E-state index >= 15 is 0 Å². The summed E-state index contributed by atoms with van der Waals surface area (Å²) in [7, 11) is 0. The van der Waals surface area contributed by atoms with Gasteiger partial charge in [-0.2, -0.15) is 0 Å². The van der Waals surface area contributed by atoms with Gasteiger partial charge in [-0.1, -0.05) is 12.1 Å². The first kappa shape index (κ1) is 12.1. The van der Waals surface area contributed by atoms with Crippen LogP contribution in [0.25, 0.3) is 10.9 Å². The van der Waals surface area contributed by atoms with Crippen LogP contribution in [0.4, 0.5) is 4.39 Å². The smallest absolute Gasteiger partial charge is 0.311 e. The number of nitrogens with one attached hydrogen (secondary N) is 1. The van der Waals surface area contributed by atoms with Gasteiger partial charge in [0.05, 0.1) is 17.9 Å². The molecule has 2 rings (SSSR count). The van der Waals surface area contributed by atoms with E-state index in [0.717, 1.165) is 0 Å². The summed E-state index contributed by atoms with van der Waals surface area (Å²) in [5.41, 5.74) is 0.462. The lowest BCUT2D eigenvalue weighted by molar-refractivity contribution is -0.145. The number of aromatic nitrogens is 1. The van der Waals surface area contributed by atoms with Crippen LogP contribution in [-0.2, 0) is 9.59 Å². The van der Waals surface area contributed by atoms with Crippen LogP contribution in [0.1, 0.15) is 17.9 Å². The fourth-order valence-electron chi connectivity index (χ4n) is 1.93. The van der Waals surface area contributed by atoms with Gasteiger partial charge < -0.3 is 15.2 Å². The Morgan fingerprint density at radius 2 is 2.06 bits per heavy atom. The SMILES string of the molecule is O=C(O)CC(C(=O)O)c1c[nH]c2c(F)cccc12. The molecule has 1 aromatic heterocycles. The van der Waals surface area contributed by atoms with Crippen molar-refractivity contribution in [2.45, 2.75) is 12.3 Å². The van der Waals surface area contributed by atoms with Crippen molar-refractivity contribution in [3.8, 4) is 0 Å². The predicted octanol–water partition coefficient (Wildman–Crippen LogP) is 1.95. The molecule has 0 spiro atoms. The molecule has 5 nitrogen and oxygen atoms in total. The van der Waals surface area contributed by atoms with Gasteiger partial charge in [0.2, 0.25) is 0 Å². The molecule has 0 aliphatic carbocycles. The monoisotopic (exact) mass is 251 g/mol. The normalized spacial score (nSPS) is 12.5. The van der Waals surface area contributed by atoms with E-state index in [0.29, 0.717) is 5.39 Å². The molecule has 0 saturated carbocycles. The lowest BCUT2D eigenvalue weighted by atomic mass is 9.95. The summed E-state index contributed by atoms with van der Waals surface area (Å²) >= 11 is 0. The highest BCUT2D eigenvalue weighted by Gasteiger charge is 2.26. The molecule has 0 radical (unpaired) electrons. The fourth-order valence-corrected chi connectivity index (χ4v) is 1.93. The molecule has 2 aromatic rings. The molecule has 1 unspecified atom stereocenters. The zero-order chi connectivity index (χ0) is 13.3. The van der Waals surface area contributed by atoms with Crippen LogP contribution < -0.4 is 0 Å². The Bertz CT molecular complexity index is 620. The summed E-state index contributed by atoms with van der Waals surface area (Å²) in [4.78, 5) is 24.4. The van der Waals surface area contributed by atoms with Crippen LogP contribution in [0.2, 0.25) is 0 Å². The number of fused-ring (bicyclic) bond motifs is 1. The largest absolute Gasteiger partial charge is 0.481 e. The molecule has 1 aromatic carbocycles. The minimum atomic E-state index is -1.25. The fraction of sp³-hybridized carbons (Fsp3) is 0.167. The van der Waals surface area contributed by atoms with Crippen molar-refractivity contribution >= 4 is 22.8 Å². The molecule has 0 bridgehead atoms. The highest BCUT2D eigenvalue weighted by atomic mass is 19.1. The maximum atomic E-state index is 13.4. The summed E-state index contributed by atoms with van der Waals surface area (Å²) in [5.74, 6) is -4.16. The molecular weight excluding hydrogens is 241 g/mol. The van der Waals surface area contributed by atoms with E-state index in [-0.39, 0.29) is 11.1 Å². The molecule has 3 N–H and O–H groups in total. The highest BCUT2D eigenvalue weighted by Crippen LogP contribution is 2.29. The first-order valence-corrected chi connectivity index (χ1v) is 5.20. The number of halogens is 1. The van der Waals surface area contributed by atoms with Crippen LogP contribution in [0.15, 0.2) is 24.4 Å². The topological polar surface area (TPSA) is 90.4 Å². The summed E-state index contributed by atoms with van der Waals surface area (Å²) < 4.78 is 13.4. The Kier molecular flexibility index (Phi) is 3.01. The van der Waals surface area contributed by atoms with E-state index < -0.39 is 30.1 Å². The van der Waals surface area contributed by atoms with Gasteiger partial charge in [0, 0.05) is 11.6 Å². The second-order valence-electron chi connectivity index (χ2n) is 3.90. The zero-order valence-electron chi connectivity index (χ0n) is 9.18. The van der Waals surface area contributed by atoms with Crippen molar-refractivity contribution in [2.24, 2.45) is 0 Å². The van der Waals surface area contributed by atoms with Crippen molar-refractivity contribution in [3.05, 3.63) is 35.8 Å². The Hall–Kier alpha value is -2.37. The van der Waals surface area contributed by atoms with Crippen molar-refractivity contribution in [1.29, 1.82) is 0 Å². The Balaban J connectivity index is 2.54. The Labute approximate surface area is 101 Å². The lowest BCUT2D eigenvalue weighted by Crippen LogP contribution is -2.15. The van der Waals surface area contributed by atoms with Gasteiger partial charge in [-0.15, -0.1) is 0 Å². The van der Waals surface area contributed by atoms with Gasteiger partial charge in [0.15, 0.2) is 0 Å². The van der Waals surface area contributed by atoms with Gasteiger partial charge in [0.25, 0.3) is 0 Å². The van der Waals surface area contributed by atoms with Crippen molar-refractivity contribution in [2.75, 3.05) is 0 Å². The Morgan fingerprint density at radius 3 is 2.67 bits per heavy atom. The number of hydrogen-bond donors (Lipinski definition) is 3. The molecule has 0 amide bonds. The van der Waals surface area contributed by atoms with E-state index in [1.165, 1.54) is 18.3 Å². The number of hydrogen-bond acceptors (Lipinski definition) is 2. The second-order valence-corrected chi connectivity index (χ2v) is 3.90. The quantitative estimate of drug-likeness (QED) is 0.774. The molecule has 1 atom stereocenters. The van der Waals surface area contributed by atoms with Crippen molar-refractivity contribution in [3.63, 3.8) is 0 Å². The number of para-hydroxylation sites is 1. The van der Waals surface area contributed by atoms with Crippen LogP contribution >= 0.6 is 0 Å². The number of aromatic amines is 1. The zero-order valence-corrected chi connectivity index (χ0v) is 9.18. The maximum absolute atomic E-state index is 13.4. The van der Waals surface area contributed by atoms with Crippen LogP contribution in [0, 0.1) is 5.82 Å². The molecule has 18 heavy (non-hydrogen) atoms. The lowest BCUT2D eigenvalue weighted by Gasteiger charge is -2.08. The van der Waals surface area contributed by atoms with E-state index in [4.69, 9.17) is 10.2 Å². The molecule has 0 aliphatic heterocycles. The van der Waals surface area contributed by atoms with Gasteiger partial charge in [-0.05, 0) is 11.6 Å². The number of H-pyrrole nitrogens is 1. The van der Waals surface area contributed by atoms with Gasteiger partial charge in [0.1, 0.15) is 5.82 Å². The first-order chi connectivity index (χ1) is 8.50. The van der Waals surface area contributed by atoms with E-state index in [2.05, 4.69) is 4.98 Å². The summed E-state index contributed by atoms with van der Waals surface area (Å²) in [5, 5.41) is 18.2. The third kappa shape index (κ3) is 2.04. The van der Waals surface area contributed by atoms with Gasteiger partial charge >= 0.3 is 11.9 Å².